The van der Waals surface area contributed by atoms with E-state index in [1.54, 1.807) is 0 Å². The summed E-state index contributed by atoms with van der Waals surface area (Å²) in [6.07, 6.45) is -21.0. The van der Waals surface area contributed by atoms with Crippen LogP contribution in [0.1, 0.15) is 83.1 Å². The molecule has 0 saturated carbocycles. The number of hydrogen-bond acceptors (Lipinski definition) is 38. The fourth-order valence-corrected chi connectivity index (χ4v) is 6.02. The molecule has 12 N–H and O–H groups in total. The Kier molecular flexibility index (Phi) is 41.7. The molecule has 0 bridgehead atoms. The first-order valence-corrected chi connectivity index (χ1v) is 28.7. The van der Waals surface area contributed by atoms with Gasteiger partial charge in [-0.05, 0) is 83.1 Å². The quantitative estimate of drug-likeness (QED) is 0.0199. The first-order valence-electron chi connectivity index (χ1n) is 28.7. The molecule has 0 radical (unpaired) electrons. The molecular formula is C56H92O38. The van der Waals surface area contributed by atoms with Gasteiger partial charge in [-0.25, -0.2) is 57.5 Å². The van der Waals surface area contributed by atoms with E-state index in [9.17, 15) is 88.2 Å². The average molecular weight is 1370 g/mol. The van der Waals surface area contributed by atoms with Gasteiger partial charge in [0.05, 0.1) is 87.7 Å². The number of carbonyl (C=O) groups is 12. The topological polar surface area (TPSA) is 577 Å². The van der Waals surface area contributed by atoms with Gasteiger partial charge in [-0.3, -0.25) is 0 Å². The lowest BCUT2D eigenvalue weighted by atomic mass is 9.90. The van der Waals surface area contributed by atoms with Crippen LogP contribution in [0.3, 0.4) is 0 Å². The van der Waals surface area contributed by atoms with E-state index < -0.39 is 259 Å². The fraction of sp³-hybridized carbons (Fsp3) is 0.786. The van der Waals surface area contributed by atoms with Crippen LogP contribution in [-0.4, -0.2) is 312 Å². The lowest BCUT2D eigenvalue weighted by molar-refractivity contribution is -0.193. The zero-order valence-corrected chi connectivity index (χ0v) is 54.2. The van der Waals surface area contributed by atoms with Crippen molar-refractivity contribution in [3.05, 3.63) is 0 Å². The summed E-state index contributed by atoms with van der Waals surface area (Å²) >= 11 is 0. The molecular weight excluding hydrogens is 1280 g/mol. The molecule has 0 aromatic carbocycles. The second kappa shape index (κ2) is 43.9. The van der Waals surface area contributed by atoms with Crippen molar-refractivity contribution in [1.82, 2.24) is 0 Å². The van der Waals surface area contributed by atoms with E-state index in [1.807, 2.05) is 0 Å². The molecule has 12 atom stereocenters. The summed E-state index contributed by atoms with van der Waals surface area (Å²) in [5.74, 6) is -15.9. The Morgan fingerprint density at radius 1 is 0.223 bits per heavy atom. The van der Waals surface area contributed by atoms with Crippen LogP contribution in [-0.2, 0) is 124 Å². The maximum Gasteiger partial charge on any atom is 0.347 e. The van der Waals surface area contributed by atoms with E-state index in [0.717, 1.165) is 83.1 Å². The van der Waals surface area contributed by atoms with E-state index in [4.69, 9.17) is 97.0 Å². The van der Waals surface area contributed by atoms with Crippen LogP contribution in [0.4, 0.5) is 0 Å². The third-order valence-corrected chi connectivity index (χ3v) is 12.6. The van der Waals surface area contributed by atoms with Crippen molar-refractivity contribution in [2.75, 3.05) is 106 Å². The van der Waals surface area contributed by atoms with Gasteiger partial charge in [0.1, 0.15) is 76.3 Å². The van der Waals surface area contributed by atoms with Crippen LogP contribution in [0.15, 0.2) is 0 Å². The molecule has 38 heteroatoms. The molecule has 0 heterocycles. The minimum atomic E-state index is -2.26. The zero-order chi connectivity index (χ0) is 73.1. The van der Waals surface area contributed by atoms with E-state index in [-0.39, 0.29) is 13.2 Å². The van der Waals surface area contributed by atoms with E-state index in [1.165, 1.54) is 0 Å². The van der Waals surface area contributed by atoms with Gasteiger partial charge in [-0.15, -0.1) is 0 Å². The van der Waals surface area contributed by atoms with Crippen molar-refractivity contribution in [2.45, 2.75) is 156 Å². The first-order chi connectivity index (χ1) is 43.6. The molecule has 0 aliphatic carbocycles. The van der Waals surface area contributed by atoms with E-state index in [2.05, 4.69) is 0 Å². The van der Waals surface area contributed by atoms with Crippen molar-refractivity contribution in [2.24, 2.45) is 21.7 Å². The van der Waals surface area contributed by atoms with Crippen LogP contribution < -0.4 is 0 Å². The fourth-order valence-electron chi connectivity index (χ4n) is 6.02. The van der Waals surface area contributed by atoms with Crippen molar-refractivity contribution in [1.29, 1.82) is 0 Å². The third kappa shape index (κ3) is 33.0. The number of aliphatic hydroxyl groups is 12. The molecule has 0 aromatic rings. The molecule has 0 spiro atoms. The third-order valence-electron chi connectivity index (χ3n) is 12.6. The Balaban J connectivity index is 0. The monoisotopic (exact) mass is 1370 g/mol. The van der Waals surface area contributed by atoms with Gasteiger partial charge in [0.2, 0.25) is 0 Å². The van der Waals surface area contributed by atoms with E-state index in [0.29, 0.717) is 0 Å². The summed E-state index contributed by atoms with van der Waals surface area (Å²) in [5, 5.41) is 112. The summed E-state index contributed by atoms with van der Waals surface area (Å²) in [5.41, 5.74) is -6.84. The molecule has 0 saturated heterocycles. The molecule has 0 fully saturated rings. The smallest absolute Gasteiger partial charge is 0.347 e. The van der Waals surface area contributed by atoms with Crippen LogP contribution in [0.5, 0.6) is 0 Å². The predicted molar refractivity (Wildman–Crippen MR) is 303 cm³/mol. The number of aliphatic hydroxyl groups excluding tert-OH is 12. The summed E-state index contributed by atoms with van der Waals surface area (Å²) in [4.78, 5) is 152. The van der Waals surface area contributed by atoms with Gasteiger partial charge < -0.3 is 128 Å². The second-order valence-electron chi connectivity index (χ2n) is 22.1. The Bertz CT molecular complexity index is 2000. The molecule has 38 nitrogen and oxygen atoms in total. The highest BCUT2D eigenvalue weighted by Gasteiger charge is 2.44. The zero-order valence-electron chi connectivity index (χ0n) is 54.2. The summed E-state index contributed by atoms with van der Waals surface area (Å²) in [6, 6.07) is 0. The van der Waals surface area contributed by atoms with Gasteiger partial charge in [0, 0.05) is 0 Å². The lowest BCUT2D eigenvalue weighted by Gasteiger charge is -2.36. The van der Waals surface area contributed by atoms with Crippen LogP contribution in [0.25, 0.3) is 0 Å². The van der Waals surface area contributed by atoms with Gasteiger partial charge in [-0.1, -0.05) is 0 Å². The average Bonchev–Trinajstić information content (AvgIpc) is 0.865. The largest absolute Gasteiger partial charge is 0.462 e. The maximum absolute atomic E-state index is 13.3. The molecule has 0 aliphatic heterocycles. The Morgan fingerprint density at radius 2 is 0.351 bits per heavy atom. The van der Waals surface area contributed by atoms with Crippen LogP contribution >= 0.6 is 0 Å². The van der Waals surface area contributed by atoms with Gasteiger partial charge in [0.15, 0.2) is 36.6 Å². The minimum absolute atomic E-state index is 0.141. The minimum Gasteiger partial charge on any atom is -0.462 e. The predicted octanol–water partition coefficient (Wildman–Crippen LogP) is -6.96. The Labute approximate surface area is 539 Å². The molecule has 0 aromatic heterocycles. The van der Waals surface area contributed by atoms with Crippen molar-refractivity contribution < 1.29 is 185 Å². The second-order valence-corrected chi connectivity index (χ2v) is 22.1. The van der Waals surface area contributed by atoms with Crippen molar-refractivity contribution >= 4 is 71.6 Å². The highest BCUT2D eigenvalue weighted by molar-refractivity contribution is 5.84. The first kappa shape index (κ1) is 89.1. The SMILES string of the molecule is CC(O)C(=O)OC(C)C(=O)OCC(COCC(COC(=O)C(C)OC(=O)C(C)O)(COC(=O)C(C)OC(=O)C(C)O)COC(=O)C(C)OC(=O)C(C)O)(COC(=O)C(C)OC(=O)C(C)O)COC(=O)C(C)OC(=O)C(C)O.OCC(CO)(CO)COCC(CO)(CO)CO. The Hall–Kier alpha value is -6.92. The van der Waals surface area contributed by atoms with Gasteiger partial charge in [0.25, 0.3) is 0 Å². The standard InChI is InChI=1S/C46H70O31.C10H22O7/c1-21(47)33(53)72-27(7)39(59)66-15-45(16-67-40(60)28(8)73-34(54)22(2)48,17-68-41(61)29(9)74-35(55)23(3)49)13-65-14-46(18-69-42(62)30(10)75-36(56)24(4)50,19-70-43(63)31(11)76-37(57)25(5)51)20-71-44(64)32(12)77-38(58)26(6)52;11-1-9(2-12,3-13)7-17-8-10(4-14,5-15)6-16/h21-32,47-52H,13-20H2,1-12H3;11-16H,1-8H2. The van der Waals surface area contributed by atoms with Crippen molar-refractivity contribution in [3.8, 4) is 0 Å². The number of ether oxygens (including phenoxy) is 14. The molecule has 544 valence electrons. The molecule has 0 rings (SSSR count). The van der Waals surface area contributed by atoms with Crippen LogP contribution in [0.2, 0.25) is 0 Å². The summed E-state index contributed by atoms with van der Waals surface area (Å²) in [6.45, 7) is 0.538. The van der Waals surface area contributed by atoms with Gasteiger partial charge in [-0.2, -0.15) is 0 Å². The molecule has 12 unspecified atom stereocenters. The normalized spacial score (nSPS) is 16.6. The number of carbonyl (C=O) groups excluding carboxylic acids is 12. The summed E-state index contributed by atoms with van der Waals surface area (Å²) < 4.78 is 72.8. The number of hydrogen-bond donors (Lipinski definition) is 12. The van der Waals surface area contributed by atoms with Gasteiger partial charge >= 0.3 is 71.6 Å². The maximum atomic E-state index is 13.3. The lowest BCUT2D eigenvalue weighted by Crippen LogP contribution is -2.49. The molecule has 0 amide bonds. The number of esters is 12. The van der Waals surface area contributed by atoms with E-state index >= 15 is 0 Å². The molecule has 0 aliphatic rings. The molecule has 94 heavy (non-hydrogen) atoms. The highest BCUT2D eigenvalue weighted by Crippen LogP contribution is 2.28. The van der Waals surface area contributed by atoms with Crippen LogP contribution in [0, 0.1) is 21.7 Å². The highest BCUT2D eigenvalue weighted by atomic mass is 16.7. The number of rotatable bonds is 44. The van der Waals surface area contributed by atoms with Crippen molar-refractivity contribution in [3.63, 3.8) is 0 Å². The summed E-state index contributed by atoms with van der Waals surface area (Å²) in [7, 11) is 0. The Morgan fingerprint density at radius 3 is 0.468 bits per heavy atom.